The van der Waals surface area contributed by atoms with E-state index in [9.17, 15) is 14.4 Å². The molecular formula is C9H14N2O4. The lowest BCUT2D eigenvalue weighted by molar-refractivity contribution is -0.138. The first-order valence-electron chi connectivity index (χ1n) is 4.74. The van der Waals surface area contributed by atoms with Gasteiger partial charge in [-0.3, -0.25) is 24.2 Å². The molecule has 6 nitrogen and oxygen atoms in total. The van der Waals surface area contributed by atoms with E-state index < -0.39 is 5.97 Å². The van der Waals surface area contributed by atoms with Crippen molar-refractivity contribution in [3.63, 3.8) is 0 Å². The van der Waals surface area contributed by atoms with Gasteiger partial charge >= 0.3 is 5.97 Å². The minimum absolute atomic E-state index is 0.0871. The number of carbonyl (C=O) groups excluding carboxylic acids is 2. The van der Waals surface area contributed by atoms with Crippen LogP contribution < -0.4 is 0 Å². The Hall–Kier alpha value is -1.43. The molecule has 1 heterocycles. The van der Waals surface area contributed by atoms with Crippen molar-refractivity contribution in [2.24, 2.45) is 0 Å². The number of carboxylic acid groups (broad SMARTS) is 1. The summed E-state index contributed by atoms with van der Waals surface area (Å²) in [6.45, 7) is 0.585. The number of hydrogen-bond acceptors (Lipinski definition) is 4. The zero-order valence-corrected chi connectivity index (χ0v) is 8.60. The highest BCUT2D eigenvalue weighted by Crippen LogP contribution is 2.10. The van der Waals surface area contributed by atoms with Crippen molar-refractivity contribution in [3.05, 3.63) is 0 Å². The first-order chi connectivity index (χ1) is 7.00. The third-order valence-corrected chi connectivity index (χ3v) is 2.27. The molecule has 0 aromatic heterocycles. The summed E-state index contributed by atoms with van der Waals surface area (Å²) in [5, 5.41) is 8.49. The Bertz CT molecular complexity index is 274. The molecule has 0 atom stereocenters. The summed E-state index contributed by atoms with van der Waals surface area (Å²) >= 11 is 0. The molecule has 1 rings (SSSR count). The number of amides is 2. The average molecular weight is 214 g/mol. The Labute approximate surface area is 87.5 Å². The quantitative estimate of drug-likeness (QED) is 0.603. The number of aliphatic carboxylic acids is 1. The van der Waals surface area contributed by atoms with Gasteiger partial charge in [-0.1, -0.05) is 0 Å². The molecule has 2 amide bonds. The lowest BCUT2D eigenvalue weighted by atomic mass is 10.4. The van der Waals surface area contributed by atoms with Crippen molar-refractivity contribution in [1.29, 1.82) is 0 Å². The smallest absolute Gasteiger partial charge is 0.317 e. The normalized spacial score (nSPS) is 16.5. The molecule has 1 fully saturated rings. The Morgan fingerprint density at radius 3 is 2.40 bits per heavy atom. The zero-order valence-electron chi connectivity index (χ0n) is 8.60. The molecule has 1 aliphatic rings. The van der Waals surface area contributed by atoms with Crippen LogP contribution in [0.25, 0.3) is 0 Å². The van der Waals surface area contributed by atoms with Crippen LogP contribution in [0.1, 0.15) is 12.8 Å². The second-order valence-corrected chi connectivity index (χ2v) is 3.57. The maximum absolute atomic E-state index is 11.2. The van der Waals surface area contributed by atoms with E-state index in [0.717, 1.165) is 0 Å². The van der Waals surface area contributed by atoms with E-state index in [1.807, 2.05) is 0 Å². The van der Waals surface area contributed by atoms with Gasteiger partial charge in [0, 0.05) is 25.9 Å². The molecule has 0 aromatic carbocycles. The predicted octanol–water partition coefficient (Wildman–Crippen LogP) is -0.848. The summed E-state index contributed by atoms with van der Waals surface area (Å²) in [4.78, 5) is 35.5. The van der Waals surface area contributed by atoms with Crippen LogP contribution in [0.2, 0.25) is 0 Å². The molecule has 1 saturated heterocycles. The standard InChI is InChI=1S/C9H14N2O4/c1-10(6-9(14)15)4-5-11-7(12)2-3-8(11)13/h2-6H2,1H3,(H,14,15). The van der Waals surface area contributed by atoms with Gasteiger partial charge in [-0.2, -0.15) is 0 Å². The van der Waals surface area contributed by atoms with E-state index in [2.05, 4.69) is 0 Å². The number of likely N-dealkylation sites (tertiary alicyclic amines) is 1. The molecule has 0 unspecified atom stereocenters. The van der Waals surface area contributed by atoms with Gasteiger partial charge in [0.05, 0.1) is 6.54 Å². The van der Waals surface area contributed by atoms with E-state index in [0.29, 0.717) is 6.54 Å². The molecule has 6 heteroatoms. The maximum Gasteiger partial charge on any atom is 0.317 e. The monoisotopic (exact) mass is 214 g/mol. The van der Waals surface area contributed by atoms with Crippen molar-refractivity contribution in [2.45, 2.75) is 12.8 Å². The third kappa shape index (κ3) is 3.32. The van der Waals surface area contributed by atoms with Gasteiger partial charge in [0.25, 0.3) is 0 Å². The molecule has 0 aliphatic carbocycles. The average Bonchev–Trinajstić information content (AvgIpc) is 2.42. The third-order valence-electron chi connectivity index (χ3n) is 2.27. The summed E-state index contributed by atoms with van der Waals surface area (Å²) in [5.74, 6) is -1.25. The molecule has 15 heavy (non-hydrogen) atoms. The SMILES string of the molecule is CN(CCN1C(=O)CCC1=O)CC(=O)O. The van der Waals surface area contributed by atoms with Crippen molar-refractivity contribution in [1.82, 2.24) is 9.80 Å². The Morgan fingerprint density at radius 1 is 1.40 bits per heavy atom. The summed E-state index contributed by atoms with van der Waals surface area (Å²) in [5.41, 5.74) is 0. The highest BCUT2D eigenvalue weighted by Gasteiger charge is 2.28. The summed E-state index contributed by atoms with van der Waals surface area (Å²) in [6, 6.07) is 0. The first kappa shape index (κ1) is 11.6. The second-order valence-electron chi connectivity index (χ2n) is 3.57. The van der Waals surface area contributed by atoms with Crippen LogP contribution in [-0.4, -0.2) is 59.4 Å². The van der Waals surface area contributed by atoms with E-state index in [1.165, 1.54) is 4.90 Å². The first-order valence-corrected chi connectivity index (χ1v) is 4.74. The van der Waals surface area contributed by atoms with Crippen molar-refractivity contribution < 1.29 is 19.5 Å². The fourth-order valence-electron chi connectivity index (χ4n) is 1.45. The van der Waals surface area contributed by atoms with E-state index >= 15 is 0 Å². The summed E-state index contributed by atoms with van der Waals surface area (Å²) in [7, 11) is 1.64. The largest absolute Gasteiger partial charge is 0.480 e. The van der Waals surface area contributed by atoms with Crippen molar-refractivity contribution in [2.75, 3.05) is 26.7 Å². The Balaban J connectivity index is 2.33. The Morgan fingerprint density at radius 2 is 1.93 bits per heavy atom. The van der Waals surface area contributed by atoms with E-state index in [-0.39, 0.29) is 37.7 Å². The van der Waals surface area contributed by atoms with Crippen LogP contribution in [0.5, 0.6) is 0 Å². The van der Waals surface area contributed by atoms with Crippen LogP contribution in [0.15, 0.2) is 0 Å². The van der Waals surface area contributed by atoms with Crippen LogP contribution in [0.4, 0.5) is 0 Å². The molecule has 0 bridgehead atoms. The van der Waals surface area contributed by atoms with Gasteiger partial charge in [0.15, 0.2) is 0 Å². The van der Waals surface area contributed by atoms with Crippen LogP contribution in [0.3, 0.4) is 0 Å². The van der Waals surface area contributed by atoms with Crippen LogP contribution >= 0.6 is 0 Å². The van der Waals surface area contributed by atoms with Crippen LogP contribution in [0, 0.1) is 0 Å². The van der Waals surface area contributed by atoms with Gasteiger partial charge in [-0.25, -0.2) is 0 Å². The number of carbonyl (C=O) groups is 3. The lowest BCUT2D eigenvalue weighted by Gasteiger charge is -2.18. The van der Waals surface area contributed by atoms with Crippen LogP contribution in [-0.2, 0) is 14.4 Å². The number of hydrogen-bond donors (Lipinski definition) is 1. The topological polar surface area (TPSA) is 77.9 Å². The molecule has 0 spiro atoms. The number of rotatable bonds is 5. The fraction of sp³-hybridized carbons (Fsp3) is 0.667. The Kier molecular flexibility index (Phi) is 3.79. The number of likely N-dealkylation sites (N-methyl/N-ethyl adjacent to an activating group) is 1. The van der Waals surface area contributed by atoms with E-state index in [4.69, 9.17) is 5.11 Å². The van der Waals surface area contributed by atoms with Gasteiger partial charge in [0.2, 0.25) is 11.8 Å². The molecule has 1 N–H and O–H groups in total. The number of carboxylic acids is 1. The minimum atomic E-state index is -0.920. The number of imide groups is 1. The predicted molar refractivity (Wildman–Crippen MR) is 51.1 cm³/mol. The molecule has 1 aliphatic heterocycles. The zero-order chi connectivity index (χ0) is 11.4. The van der Waals surface area contributed by atoms with Crippen molar-refractivity contribution in [3.8, 4) is 0 Å². The molecule has 84 valence electrons. The lowest BCUT2D eigenvalue weighted by Crippen LogP contribution is -2.38. The summed E-state index contributed by atoms with van der Waals surface area (Å²) in [6.07, 6.45) is 0.558. The van der Waals surface area contributed by atoms with Crippen molar-refractivity contribution >= 4 is 17.8 Å². The molecule has 0 saturated carbocycles. The summed E-state index contributed by atoms with van der Waals surface area (Å²) < 4.78 is 0. The molecule has 0 aromatic rings. The molecule has 0 radical (unpaired) electrons. The van der Waals surface area contributed by atoms with Gasteiger partial charge in [-0.05, 0) is 7.05 Å². The highest BCUT2D eigenvalue weighted by atomic mass is 16.4. The molecular weight excluding hydrogens is 200 g/mol. The fourth-order valence-corrected chi connectivity index (χ4v) is 1.45. The highest BCUT2D eigenvalue weighted by molar-refractivity contribution is 6.01. The minimum Gasteiger partial charge on any atom is -0.480 e. The van der Waals surface area contributed by atoms with Gasteiger partial charge < -0.3 is 5.11 Å². The van der Waals surface area contributed by atoms with E-state index in [1.54, 1.807) is 11.9 Å². The second kappa shape index (κ2) is 4.88. The van der Waals surface area contributed by atoms with Gasteiger partial charge in [0.1, 0.15) is 0 Å². The van der Waals surface area contributed by atoms with Gasteiger partial charge in [-0.15, -0.1) is 0 Å². The maximum atomic E-state index is 11.2. The number of nitrogens with zero attached hydrogens (tertiary/aromatic N) is 2.